The molecule has 2 aromatic carbocycles. The first kappa shape index (κ1) is 19.4. The Bertz CT molecular complexity index is 807. The highest BCUT2D eigenvalue weighted by Gasteiger charge is 2.38. The summed E-state index contributed by atoms with van der Waals surface area (Å²) in [5.74, 6) is -0.156. The molecular weight excluding hydrogens is 349 g/mol. The maximum Gasteiger partial charge on any atom is 0.123 e. The van der Waals surface area contributed by atoms with Crippen molar-refractivity contribution in [2.24, 2.45) is 5.73 Å². The number of anilines is 1. The molecule has 4 rings (SSSR count). The lowest BCUT2D eigenvalue weighted by atomic mass is 9.86. The van der Waals surface area contributed by atoms with Gasteiger partial charge in [-0.25, -0.2) is 4.39 Å². The molecule has 0 saturated carbocycles. The van der Waals surface area contributed by atoms with E-state index in [9.17, 15) is 4.39 Å². The number of likely N-dealkylation sites (tertiary alicyclic amines) is 1. The van der Waals surface area contributed by atoms with Crippen LogP contribution in [0.15, 0.2) is 42.5 Å². The lowest BCUT2D eigenvalue weighted by Crippen LogP contribution is -2.46. The van der Waals surface area contributed by atoms with Crippen LogP contribution < -0.4 is 10.6 Å². The van der Waals surface area contributed by atoms with Gasteiger partial charge in [-0.05, 0) is 54.2 Å². The Balaban J connectivity index is 1.37. The average Bonchev–Trinajstić information content (AvgIpc) is 2.98. The number of piperidine rings is 1. The lowest BCUT2D eigenvalue weighted by molar-refractivity contribution is 0.210. The number of hydrogen-bond donors (Lipinski definition) is 1. The third kappa shape index (κ3) is 3.94. The Morgan fingerprint density at radius 1 is 1.04 bits per heavy atom. The van der Waals surface area contributed by atoms with E-state index in [4.69, 9.17) is 5.73 Å². The SMILES string of the molecule is CC1(C)CN(C2CCN(CCc3ccc(F)cc3)CC2)c2cc(CN)ccc21. The number of halogens is 1. The maximum absolute atomic E-state index is 13.1. The Morgan fingerprint density at radius 3 is 2.39 bits per heavy atom. The van der Waals surface area contributed by atoms with Gasteiger partial charge in [-0.2, -0.15) is 0 Å². The number of rotatable bonds is 5. The van der Waals surface area contributed by atoms with E-state index in [2.05, 4.69) is 41.8 Å². The molecule has 0 aliphatic carbocycles. The van der Waals surface area contributed by atoms with Crippen molar-refractivity contribution in [3.05, 3.63) is 65.0 Å². The molecule has 2 aliphatic rings. The average molecular weight is 382 g/mol. The second-order valence-corrected chi connectivity index (χ2v) is 9.02. The molecule has 2 aliphatic heterocycles. The topological polar surface area (TPSA) is 32.5 Å². The summed E-state index contributed by atoms with van der Waals surface area (Å²) in [6.45, 7) is 9.72. The summed E-state index contributed by atoms with van der Waals surface area (Å²) in [4.78, 5) is 5.20. The molecule has 1 fully saturated rings. The van der Waals surface area contributed by atoms with E-state index < -0.39 is 0 Å². The first-order valence-electron chi connectivity index (χ1n) is 10.5. The van der Waals surface area contributed by atoms with Crippen molar-refractivity contribution >= 4 is 5.69 Å². The van der Waals surface area contributed by atoms with Gasteiger partial charge in [0.1, 0.15) is 5.82 Å². The summed E-state index contributed by atoms with van der Waals surface area (Å²) in [7, 11) is 0. The van der Waals surface area contributed by atoms with Crippen LogP contribution in [0.2, 0.25) is 0 Å². The van der Waals surface area contributed by atoms with Gasteiger partial charge in [-0.3, -0.25) is 0 Å². The molecule has 0 unspecified atom stereocenters. The molecule has 4 heteroatoms. The number of nitrogens with two attached hydrogens (primary N) is 1. The molecule has 0 spiro atoms. The van der Waals surface area contributed by atoms with E-state index in [-0.39, 0.29) is 11.2 Å². The summed E-state index contributed by atoms with van der Waals surface area (Å²) in [5, 5.41) is 0. The second-order valence-electron chi connectivity index (χ2n) is 9.02. The van der Waals surface area contributed by atoms with Gasteiger partial charge in [-0.1, -0.05) is 38.1 Å². The number of benzene rings is 2. The van der Waals surface area contributed by atoms with E-state index in [0.717, 1.165) is 32.6 Å². The van der Waals surface area contributed by atoms with E-state index in [1.165, 1.54) is 35.2 Å². The first-order valence-corrected chi connectivity index (χ1v) is 10.5. The van der Waals surface area contributed by atoms with Gasteiger partial charge in [0.15, 0.2) is 0 Å². The van der Waals surface area contributed by atoms with Gasteiger partial charge in [0.25, 0.3) is 0 Å². The predicted octanol–water partition coefficient (Wildman–Crippen LogP) is 4.09. The molecule has 28 heavy (non-hydrogen) atoms. The minimum Gasteiger partial charge on any atom is -0.367 e. The second kappa shape index (κ2) is 7.84. The fourth-order valence-corrected chi connectivity index (χ4v) is 4.83. The molecule has 0 aromatic heterocycles. The Morgan fingerprint density at radius 2 is 1.71 bits per heavy atom. The maximum atomic E-state index is 13.1. The van der Waals surface area contributed by atoms with Crippen molar-refractivity contribution in [3.8, 4) is 0 Å². The highest BCUT2D eigenvalue weighted by atomic mass is 19.1. The van der Waals surface area contributed by atoms with Gasteiger partial charge < -0.3 is 15.5 Å². The molecule has 2 heterocycles. The summed E-state index contributed by atoms with van der Waals surface area (Å²) < 4.78 is 13.1. The van der Waals surface area contributed by atoms with E-state index in [1.807, 2.05) is 12.1 Å². The van der Waals surface area contributed by atoms with Crippen LogP contribution in [0.25, 0.3) is 0 Å². The zero-order chi connectivity index (χ0) is 19.7. The molecule has 2 N–H and O–H groups in total. The number of fused-ring (bicyclic) bond motifs is 1. The van der Waals surface area contributed by atoms with Crippen LogP contribution in [0.1, 0.15) is 43.4 Å². The van der Waals surface area contributed by atoms with E-state index >= 15 is 0 Å². The van der Waals surface area contributed by atoms with Gasteiger partial charge in [0.2, 0.25) is 0 Å². The van der Waals surface area contributed by atoms with Crippen LogP contribution in [0.4, 0.5) is 10.1 Å². The highest BCUT2D eigenvalue weighted by molar-refractivity contribution is 5.64. The molecule has 150 valence electrons. The standard InChI is InChI=1S/C24H32FN3/c1-24(2)17-28(23-15-19(16-26)5-8-22(23)24)21-10-13-27(14-11-21)12-9-18-3-6-20(25)7-4-18/h3-8,15,21H,9-14,16-17,26H2,1-2H3. The summed E-state index contributed by atoms with van der Waals surface area (Å²) in [5.41, 5.74) is 11.4. The summed E-state index contributed by atoms with van der Waals surface area (Å²) in [6.07, 6.45) is 3.39. The Hall–Kier alpha value is -1.91. The third-order valence-electron chi connectivity index (χ3n) is 6.53. The molecular formula is C24H32FN3. The Labute approximate surface area is 168 Å². The van der Waals surface area contributed by atoms with Crippen molar-refractivity contribution in [1.29, 1.82) is 0 Å². The van der Waals surface area contributed by atoms with Crippen molar-refractivity contribution < 1.29 is 4.39 Å². The molecule has 0 radical (unpaired) electrons. The quantitative estimate of drug-likeness (QED) is 0.847. The molecule has 1 saturated heterocycles. The number of hydrogen-bond acceptors (Lipinski definition) is 3. The largest absolute Gasteiger partial charge is 0.367 e. The molecule has 0 amide bonds. The normalized spacial score (nSPS) is 19.8. The fourth-order valence-electron chi connectivity index (χ4n) is 4.83. The zero-order valence-electron chi connectivity index (χ0n) is 17.1. The monoisotopic (exact) mass is 381 g/mol. The van der Waals surface area contributed by atoms with Crippen molar-refractivity contribution in [1.82, 2.24) is 4.90 Å². The first-order chi connectivity index (χ1) is 13.5. The van der Waals surface area contributed by atoms with Crippen molar-refractivity contribution in [2.75, 3.05) is 31.1 Å². The highest BCUT2D eigenvalue weighted by Crippen LogP contribution is 2.43. The van der Waals surface area contributed by atoms with Crippen LogP contribution in [0, 0.1) is 5.82 Å². The molecule has 3 nitrogen and oxygen atoms in total. The van der Waals surface area contributed by atoms with Crippen molar-refractivity contribution in [2.45, 2.75) is 51.1 Å². The van der Waals surface area contributed by atoms with Gasteiger partial charge in [0.05, 0.1) is 0 Å². The smallest absolute Gasteiger partial charge is 0.123 e. The Kier molecular flexibility index (Phi) is 5.44. The number of nitrogens with zero attached hydrogens (tertiary/aromatic N) is 2. The summed E-state index contributed by atoms with van der Waals surface area (Å²) >= 11 is 0. The van der Waals surface area contributed by atoms with Crippen molar-refractivity contribution in [3.63, 3.8) is 0 Å². The molecule has 2 aromatic rings. The molecule has 0 atom stereocenters. The van der Waals surface area contributed by atoms with Gasteiger partial charge in [0, 0.05) is 49.9 Å². The zero-order valence-corrected chi connectivity index (χ0v) is 17.1. The van der Waals surface area contributed by atoms with E-state index in [1.54, 1.807) is 12.1 Å². The van der Waals surface area contributed by atoms with Crippen LogP contribution in [0.3, 0.4) is 0 Å². The van der Waals surface area contributed by atoms with Crippen LogP contribution in [0.5, 0.6) is 0 Å². The van der Waals surface area contributed by atoms with Gasteiger partial charge >= 0.3 is 0 Å². The molecule has 0 bridgehead atoms. The van der Waals surface area contributed by atoms with Gasteiger partial charge in [-0.15, -0.1) is 0 Å². The minimum atomic E-state index is -0.156. The summed E-state index contributed by atoms with van der Waals surface area (Å²) in [6, 6.07) is 14.3. The van der Waals surface area contributed by atoms with Crippen LogP contribution in [-0.2, 0) is 18.4 Å². The fraction of sp³-hybridized carbons (Fsp3) is 0.500. The predicted molar refractivity (Wildman–Crippen MR) is 114 cm³/mol. The third-order valence-corrected chi connectivity index (χ3v) is 6.53. The minimum absolute atomic E-state index is 0.156. The van der Waals surface area contributed by atoms with Crippen LogP contribution in [-0.4, -0.2) is 37.1 Å². The van der Waals surface area contributed by atoms with E-state index in [0.29, 0.717) is 12.6 Å². The van der Waals surface area contributed by atoms with Crippen LogP contribution >= 0.6 is 0 Å². The lowest BCUT2D eigenvalue weighted by Gasteiger charge is -2.38.